The summed E-state index contributed by atoms with van der Waals surface area (Å²) in [5.74, 6) is -6.64. The summed E-state index contributed by atoms with van der Waals surface area (Å²) in [6.07, 6.45) is -4.10. The van der Waals surface area contributed by atoms with Gasteiger partial charge in [-0.2, -0.15) is 13.2 Å². The Morgan fingerprint density at radius 1 is 1.07 bits per heavy atom. The monoisotopic (exact) mass is 614 g/mol. The van der Waals surface area contributed by atoms with Crippen LogP contribution in [-0.2, 0) is 27.9 Å². The van der Waals surface area contributed by atoms with Gasteiger partial charge in [0.1, 0.15) is 23.3 Å². The van der Waals surface area contributed by atoms with Gasteiger partial charge in [0.2, 0.25) is 0 Å². The number of anilines is 2. The molecule has 2 aromatic carbocycles. The van der Waals surface area contributed by atoms with Crippen molar-refractivity contribution < 1.29 is 49.1 Å². The number of thiazole rings is 1. The molecule has 0 bridgehead atoms. The molecule has 0 radical (unpaired) electrons. The maximum atomic E-state index is 14.7. The number of benzene rings is 2. The van der Waals surface area contributed by atoms with Crippen LogP contribution in [0.2, 0.25) is 0 Å². The second-order valence-electron chi connectivity index (χ2n) is 8.49. The predicted octanol–water partition coefficient (Wildman–Crippen LogP) is 4.98. The molecular formula is C23H21F7N4O4S2. The number of nitrogens with one attached hydrogen (secondary N) is 1. The van der Waals surface area contributed by atoms with Gasteiger partial charge in [-0.05, 0) is 43.8 Å². The van der Waals surface area contributed by atoms with Gasteiger partial charge in [-0.3, -0.25) is 9.62 Å². The molecule has 0 aliphatic carbocycles. The van der Waals surface area contributed by atoms with E-state index in [0.717, 1.165) is 55.1 Å². The van der Waals surface area contributed by atoms with Gasteiger partial charge in [0, 0.05) is 42.3 Å². The highest BCUT2D eigenvalue weighted by atomic mass is 32.2. The molecule has 0 unspecified atom stereocenters. The molecule has 40 heavy (non-hydrogen) atoms. The molecule has 0 atom stereocenters. The Kier molecular flexibility index (Phi) is 9.63. The van der Waals surface area contributed by atoms with Crippen molar-refractivity contribution in [3.8, 4) is 0 Å². The highest BCUT2D eigenvalue weighted by Crippen LogP contribution is 2.29. The number of aliphatic carboxylic acids is 1. The molecule has 17 heteroatoms. The summed E-state index contributed by atoms with van der Waals surface area (Å²) in [4.78, 5) is 14.8. The maximum Gasteiger partial charge on any atom is 0.490 e. The Balaban J connectivity index is 0.000000559. The first-order valence-electron chi connectivity index (χ1n) is 11.2. The fraction of sp³-hybridized carbons (Fsp3) is 0.304. The zero-order valence-corrected chi connectivity index (χ0v) is 22.1. The maximum absolute atomic E-state index is 14.7. The smallest absolute Gasteiger partial charge is 0.475 e. The van der Waals surface area contributed by atoms with Crippen molar-refractivity contribution >= 4 is 38.8 Å². The zero-order valence-electron chi connectivity index (χ0n) is 20.5. The summed E-state index contributed by atoms with van der Waals surface area (Å²) < 4.78 is 117. The first kappa shape index (κ1) is 31.1. The number of nitrogens with zero attached hydrogens (tertiary/aromatic N) is 3. The van der Waals surface area contributed by atoms with Gasteiger partial charge in [0.25, 0.3) is 10.0 Å². The average Bonchev–Trinajstić information content (AvgIpc) is 3.31. The van der Waals surface area contributed by atoms with Crippen LogP contribution in [0.1, 0.15) is 17.5 Å². The third kappa shape index (κ3) is 7.60. The van der Waals surface area contributed by atoms with E-state index in [0.29, 0.717) is 0 Å². The molecular weight excluding hydrogens is 593 g/mol. The number of aromatic nitrogens is 1. The van der Waals surface area contributed by atoms with E-state index in [9.17, 15) is 39.2 Å². The van der Waals surface area contributed by atoms with Crippen LogP contribution in [0.4, 0.5) is 42.2 Å². The predicted molar refractivity (Wildman–Crippen MR) is 131 cm³/mol. The number of rotatable bonds is 8. The lowest BCUT2D eigenvalue weighted by atomic mass is 10.0. The van der Waals surface area contributed by atoms with Gasteiger partial charge in [-0.15, -0.1) is 11.3 Å². The minimum Gasteiger partial charge on any atom is -0.475 e. The Morgan fingerprint density at radius 3 is 2.08 bits per heavy atom. The number of carbonyl (C=O) groups is 1. The lowest BCUT2D eigenvalue weighted by Crippen LogP contribution is -2.37. The molecule has 0 spiro atoms. The Labute approximate surface area is 227 Å². The molecule has 1 aromatic heterocycles. The molecule has 1 saturated heterocycles. The topological polar surface area (TPSA) is 103 Å². The number of sulfonamides is 1. The second-order valence-corrected chi connectivity index (χ2v) is 10.8. The molecule has 3 aromatic rings. The molecule has 2 N–H and O–H groups in total. The van der Waals surface area contributed by atoms with E-state index >= 15 is 0 Å². The van der Waals surface area contributed by atoms with Crippen LogP contribution in [0.25, 0.3) is 0 Å². The summed E-state index contributed by atoms with van der Waals surface area (Å²) in [5.41, 5.74) is 1.60. The van der Waals surface area contributed by atoms with E-state index in [1.54, 1.807) is 0 Å². The Bertz CT molecular complexity index is 1440. The van der Waals surface area contributed by atoms with Crippen LogP contribution in [0.3, 0.4) is 0 Å². The van der Waals surface area contributed by atoms with Crippen LogP contribution >= 0.6 is 11.3 Å². The van der Waals surface area contributed by atoms with Gasteiger partial charge in [-0.25, -0.2) is 35.8 Å². The van der Waals surface area contributed by atoms with E-state index in [-0.39, 0.29) is 35.7 Å². The van der Waals surface area contributed by atoms with Crippen LogP contribution < -0.4 is 9.62 Å². The van der Waals surface area contributed by atoms with Crippen molar-refractivity contribution in [3.63, 3.8) is 0 Å². The molecule has 0 amide bonds. The number of carboxylic acid groups (broad SMARTS) is 1. The highest BCUT2D eigenvalue weighted by molar-refractivity contribution is 7.92. The number of carboxylic acids is 1. The molecule has 1 fully saturated rings. The summed E-state index contributed by atoms with van der Waals surface area (Å²) in [6.45, 7) is 1.63. The van der Waals surface area contributed by atoms with Gasteiger partial charge < -0.3 is 10.0 Å². The minimum atomic E-state index is -5.08. The zero-order chi connectivity index (χ0) is 29.8. The third-order valence-electron chi connectivity index (χ3n) is 5.65. The summed E-state index contributed by atoms with van der Waals surface area (Å²) in [6, 6.07) is 3.75. The normalized spacial score (nSPS) is 13.7. The van der Waals surface area contributed by atoms with E-state index in [1.807, 2.05) is 9.62 Å². The Hall–Kier alpha value is -3.44. The van der Waals surface area contributed by atoms with Crippen LogP contribution in [0, 0.1) is 23.3 Å². The highest BCUT2D eigenvalue weighted by Gasteiger charge is 2.38. The minimum absolute atomic E-state index is 0.0313. The second kappa shape index (κ2) is 12.4. The van der Waals surface area contributed by atoms with Gasteiger partial charge in [0.15, 0.2) is 10.7 Å². The van der Waals surface area contributed by atoms with Crippen molar-refractivity contribution in [1.29, 1.82) is 0 Å². The van der Waals surface area contributed by atoms with Crippen molar-refractivity contribution in [3.05, 3.63) is 69.6 Å². The van der Waals surface area contributed by atoms with E-state index in [1.165, 1.54) is 22.8 Å². The summed E-state index contributed by atoms with van der Waals surface area (Å²) >= 11 is 1.11. The fourth-order valence-corrected chi connectivity index (χ4v) is 5.22. The number of likely N-dealkylation sites (tertiary alicyclic amines) is 1. The number of alkyl halides is 3. The number of halogens is 7. The average molecular weight is 615 g/mol. The molecule has 1 aliphatic rings. The SMILES string of the molecule is CN(Cc1c(F)ccc(F)c1CN1CCC1)c1cc(F)c(S(=O)(=O)Nc2cscn2)c(F)c1.O=C(O)C(F)(F)F. The van der Waals surface area contributed by atoms with Crippen molar-refractivity contribution in [2.45, 2.75) is 30.6 Å². The van der Waals surface area contributed by atoms with E-state index in [2.05, 4.69) is 4.98 Å². The van der Waals surface area contributed by atoms with Gasteiger partial charge in [0.05, 0.1) is 5.51 Å². The third-order valence-corrected chi connectivity index (χ3v) is 7.64. The lowest BCUT2D eigenvalue weighted by molar-refractivity contribution is -0.192. The molecule has 218 valence electrons. The van der Waals surface area contributed by atoms with Crippen LogP contribution in [0.15, 0.2) is 40.1 Å². The molecule has 4 rings (SSSR count). The first-order valence-corrected chi connectivity index (χ1v) is 13.6. The van der Waals surface area contributed by atoms with E-state index < -0.39 is 50.3 Å². The van der Waals surface area contributed by atoms with Crippen molar-refractivity contribution in [2.75, 3.05) is 29.8 Å². The van der Waals surface area contributed by atoms with E-state index in [4.69, 9.17) is 9.90 Å². The largest absolute Gasteiger partial charge is 0.490 e. The molecule has 0 saturated carbocycles. The molecule has 1 aliphatic heterocycles. The quantitative estimate of drug-likeness (QED) is 0.346. The van der Waals surface area contributed by atoms with Crippen molar-refractivity contribution in [1.82, 2.24) is 9.88 Å². The Morgan fingerprint density at radius 2 is 1.62 bits per heavy atom. The number of hydrogen-bond donors (Lipinski definition) is 2. The summed E-state index contributed by atoms with van der Waals surface area (Å²) in [7, 11) is -3.11. The standard InChI is InChI=1S/C21H20F4N4O2S2.C2HF3O2/c1-28(9-14-15(10-29-5-2-6-29)17(23)4-3-16(14)22)13-7-18(24)21(19(25)8-13)33(30,31)27-20-11-32-12-26-20;3-2(4,5)1(6)7/h3-4,7-8,11-12,27H,2,5-6,9-10H2,1H3;(H,6,7). The van der Waals surface area contributed by atoms with Crippen LogP contribution in [-0.4, -0.2) is 55.7 Å². The molecule has 8 nitrogen and oxygen atoms in total. The summed E-state index contributed by atoms with van der Waals surface area (Å²) in [5, 5.41) is 8.50. The first-order chi connectivity index (χ1) is 18.6. The van der Waals surface area contributed by atoms with Crippen molar-refractivity contribution in [2.24, 2.45) is 0 Å². The van der Waals surface area contributed by atoms with Gasteiger partial charge in [-0.1, -0.05) is 0 Å². The lowest BCUT2D eigenvalue weighted by Gasteiger charge is -2.32. The number of hydrogen-bond acceptors (Lipinski definition) is 7. The van der Waals surface area contributed by atoms with Crippen LogP contribution in [0.5, 0.6) is 0 Å². The molecule has 2 heterocycles. The fourth-order valence-electron chi connectivity index (χ4n) is 3.54. The van der Waals surface area contributed by atoms with Gasteiger partial charge >= 0.3 is 12.1 Å².